The number of nitriles is 1. The molecule has 0 aliphatic carbocycles. The molecular formula is C26H19Cl3N2O4. The van der Waals surface area contributed by atoms with E-state index < -0.39 is 11.9 Å². The van der Waals surface area contributed by atoms with Gasteiger partial charge in [0, 0.05) is 5.69 Å². The van der Waals surface area contributed by atoms with E-state index in [0.717, 1.165) is 5.56 Å². The van der Waals surface area contributed by atoms with Crippen LogP contribution in [-0.2, 0) is 16.1 Å². The third-order valence-corrected chi connectivity index (χ3v) is 5.70. The number of carbonyl (C=O) groups excluding carboxylic acids is 2. The second-order valence-corrected chi connectivity index (χ2v) is 8.37. The predicted molar refractivity (Wildman–Crippen MR) is 137 cm³/mol. The van der Waals surface area contributed by atoms with Gasteiger partial charge in [0.2, 0.25) is 0 Å². The van der Waals surface area contributed by atoms with Crippen molar-refractivity contribution in [1.82, 2.24) is 0 Å². The van der Waals surface area contributed by atoms with Crippen molar-refractivity contribution in [1.29, 1.82) is 5.26 Å². The Kier molecular flexibility index (Phi) is 9.16. The van der Waals surface area contributed by atoms with Crippen molar-refractivity contribution in [3.05, 3.63) is 98.0 Å². The Morgan fingerprint density at radius 1 is 0.971 bits per heavy atom. The minimum absolute atomic E-state index is 0.125. The number of nitrogens with zero attached hydrogens (tertiary/aromatic N) is 1. The van der Waals surface area contributed by atoms with Crippen LogP contribution in [0.4, 0.5) is 5.69 Å². The largest absolute Gasteiger partial charge is 0.487 e. The first-order valence-electron chi connectivity index (χ1n) is 10.4. The molecule has 0 fully saturated rings. The molecule has 0 saturated heterocycles. The fourth-order valence-corrected chi connectivity index (χ4v) is 3.50. The van der Waals surface area contributed by atoms with E-state index in [-0.39, 0.29) is 18.8 Å². The summed E-state index contributed by atoms with van der Waals surface area (Å²) in [5, 5.41) is 13.3. The van der Waals surface area contributed by atoms with Gasteiger partial charge in [0.05, 0.1) is 27.2 Å². The van der Waals surface area contributed by atoms with E-state index in [1.54, 1.807) is 55.5 Å². The molecular weight excluding hydrogens is 511 g/mol. The van der Waals surface area contributed by atoms with Gasteiger partial charge in [-0.2, -0.15) is 5.26 Å². The van der Waals surface area contributed by atoms with Gasteiger partial charge in [-0.25, -0.2) is 4.79 Å². The van der Waals surface area contributed by atoms with Crippen molar-refractivity contribution in [3.8, 4) is 11.8 Å². The minimum atomic E-state index is -0.604. The molecule has 9 heteroatoms. The topological polar surface area (TPSA) is 88.4 Å². The Balaban J connectivity index is 1.67. The average molecular weight is 530 g/mol. The van der Waals surface area contributed by atoms with E-state index >= 15 is 0 Å². The van der Waals surface area contributed by atoms with Crippen molar-refractivity contribution < 1.29 is 19.1 Å². The van der Waals surface area contributed by atoms with Gasteiger partial charge in [0.25, 0.3) is 5.91 Å². The molecule has 6 nitrogen and oxygen atoms in total. The summed E-state index contributed by atoms with van der Waals surface area (Å²) in [6.07, 6.45) is 1.41. The summed E-state index contributed by atoms with van der Waals surface area (Å²) in [5.74, 6) is -0.628. The summed E-state index contributed by atoms with van der Waals surface area (Å²) < 4.78 is 10.7. The zero-order valence-electron chi connectivity index (χ0n) is 18.5. The number of ether oxygens (including phenoxy) is 2. The lowest BCUT2D eigenvalue weighted by molar-refractivity contribution is -0.112. The highest BCUT2D eigenvalue weighted by Gasteiger charge is 2.12. The Hall–Kier alpha value is -3.50. The van der Waals surface area contributed by atoms with E-state index in [4.69, 9.17) is 44.3 Å². The second-order valence-electron chi connectivity index (χ2n) is 7.15. The van der Waals surface area contributed by atoms with E-state index in [9.17, 15) is 14.9 Å². The Labute approximate surface area is 217 Å². The number of carbonyl (C=O) groups is 2. The molecule has 1 N–H and O–H groups in total. The Morgan fingerprint density at radius 3 is 2.34 bits per heavy atom. The Bertz CT molecular complexity index is 1320. The standard InChI is InChI=1S/C26H19Cl3N2O4/c1-2-34-26(33)18-5-7-20(8-6-18)31-25(32)19(14-30)11-16-4-10-24(23(29)12-16)35-15-17-3-9-21(27)22(28)13-17/h3-13H,2,15H2,1H3,(H,31,32)/b19-11+. The van der Waals surface area contributed by atoms with Gasteiger partial charge >= 0.3 is 5.97 Å². The number of nitrogens with one attached hydrogen (secondary N) is 1. The fraction of sp³-hybridized carbons (Fsp3) is 0.115. The van der Waals surface area contributed by atoms with Crippen LogP contribution in [0.2, 0.25) is 15.1 Å². The molecule has 0 heterocycles. The number of anilines is 1. The maximum Gasteiger partial charge on any atom is 0.338 e. The molecule has 3 aromatic carbocycles. The van der Waals surface area contributed by atoms with Crippen LogP contribution in [0.3, 0.4) is 0 Å². The number of hydrogen-bond acceptors (Lipinski definition) is 5. The lowest BCUT2D eigenvalue weighted by Gasteiger charge is -2.10. The van der Waals surface area contributed by atoms with E-state index in [0.29, 0.717) is 37.6 Å². The maximum absolute atomic E-state index is 12.6. The first-order valence-corrected chi connectivity index (χ1v) is 11.5. The van der Waals surface area contributed by atoms with Crippen LogP contribution in [0, 0.1) is 11.3 Å². The SMILES string of the molecule is CCOC(=O)c1ccc(NC(=O)/C(C#N)=C/c2ccc(OCc3ccc(Cl)c(Cl)c3)c(Cl)c2)cc1. The zero-order valence-corrected chi connectivity index (χ0v) is 20.7. The Morgan fingerprint density at radius 2 is 1.71 bits per heavy atom. The highest BCUT2D eigenvalue weighted by Crippen LogP contribution is 2.28. The van der Waals surface area contributed by atoms with Gasteiger partial charge < -0.3 is 14.8 Å². The summed E-state index contributed by atoms with van der Waals surface area (Å²) in [6, 6.07) is 18.1. The fourth-order valence-electron chi connectivity index (χ4n) is 2.93. The van der Waals surface area contributed by atoms with Crippen LogP contribution < -0.4 is 10.1 Å². The minimum Gasteiger partial charge on any atom is -0.487 e. The highest BCUT2D eigenvalue weighted by molar-refractivity contribution is 6.42. The molecule has 0 unspecified atom stereocenters. The van der Waals surface area contributed by atoms with Crippen molar-refractivity contribution in [3.63, 3.8) is 0 Å². The lowest BCUT2D eigenvalue weighted by atomic mass is 10.1. The van der Waals surface area contributed by atoms with Crippen molar-refractivity contribution >= 4 is 58.4 Å². The number of esters is 1. The van der Waals surface area contributed by atoms with E-state index in [1.165, 1.54) is 18.2 Å². The number of rotatable bonds is 8. The molecule has 0 bridgehead atoms. The number of benzene rings is 3. The van der Waals surface area contributed by atoms with Gasteiger partial charge in [-0.05, 0) is 72.7 Å². The smallest absolute Gasteiger partial charge is 0.338 e. The highest BCUT2D eigenvalue weighted by atomic mass is 35.5. The molecule has 1 amide bonds. The molecule has 0 aromatic heterocycles. The molecule has 0 radical (unpaired) electrons. The van der Waals surface area contributed by atoms with Crippen LogP contribution in [-0.4, -0.2) is 18.5 Å². The van der Waals surface area contributed by atoms with Gasteiger partial charge in [0.1, 0.15) is 24.0 Å². The van der Waals surface area contributed by atoms with Crippen molar-refractivity contribution in [2.24, 2.45) is 0 Å². The van der Waals surface area contributed by atoms with Crippen LogP contribution in [0.15, 0.2) is 66.2 Å². The van der Waals surface area contributed by atoms with Gasteiger partial charge in [-0.3, -0.25) is 4.79 Å². The second kappa shape index (κ2) is 12.3. The van der Waals surface area contributed by atoms with Crippen LogP contribution in [0.1, 0.15) is 28.4 Å². The molecule has 178 valence electrons. The third-order valence-electron chi connectivity index (χ3n) is 4.66. The number of hydrogen-bond donors (Lipinski definition) is 1. The van der Waals surface area contributed by atoms with Crippen molar-refractivity contribution in [2.45, 2.75) is 13.5 Å². The van der Waals surface area contributed by atoms with E-state index in [1.807, 2.05) is 6.07 Å². The van der Waals surface area contributed by atoms with Gasteiger partial charge in [-0.15, -0.1) is 0 Å². The van der Waals surface area contributed by atoms with Gasteiger partial charge in [-0.1, -0.05) is 46.9 Å². The predicted octanol–water partition coefficient (Wildman–Crippen LogP) is 6.95. The average Bonchev–Trinajstić information content (AvgIpc) is 2.84. The summed E-state index contributed by atoms with van der Waals surface area (Å²) >= 11 is 18.3. The summed E-state index contributed by atoms with van der Waals surface area (Å²) in [4.78, 5) is 24.3. The molecule has 0 spiro atoms. The first kappa shape index (κ1) is 26.1. The van der Waals surface area contributed by atoms with Gasteiger partial charge in [0.15, 0.2) is 0 Å². The molecule has 0 saturated carbocycles. The molecule has 0 aliphatic heterocycles. The summed E-state index contributed by atoms with van der Waals surface area (Å²) in [7, 11) is 0. The summed E-state index contributed by atoms with van der Waals surface area (Å²) in [5.41, 5.74) is 2.02. The van der Waals surface area contributed by atoms with Crippen LogP contribution in [0.5, 0.6) is 5.75 Å². The quantitative estimate of drug-likeness (QED) is 0.194. The monoisotopic (exact) mass is 528 g/mol. The first-order chi connectivity index (χ1) is 16.8. The van der Waals surface area contributed by atoms with Crippen molar-refractivity contribution in [2.75, 3.05) is 11.9 Å². The molecule has 0 atom stereocenters. The van der Waals surface area contributed by atoms with E-state index in [2.05, 4.69) is 5.32 Å². The molecule has 3 rings (SSSR count). The number of halogens is 3. The maximum atomic E-state index is 12.6. The summed E-state index contributed by atoms with van der Waals surface area (Å²) in [6.45, 7) is 2.21. The normalized spacial score (nSPS) is 10.9. The molecule has 3 aromatic rings. The molecule has 35 heavy (non-hydrogen) atoms. The van der Waals surface area contributed by atoms with Crippen LogP contribution >= 0.6 is 34.8 Å². The number of amides is 1. The molecule has 0 aliphatic rings. The van der Waals surface area contributed by atoms with Crippen LogP contribution in [0.25, 0.3) is 6.08 Å². The lowest BCUT2D eigenvalue weighted by Crippen LogP contribution is -2.13. The third kappa shape index (κ3) is 7.24. The zero-order chi connectivity index (χ0) is 25.4.